The number of urea groups is 1. The van der Waals surface area contributed by atoms with Crippen molar-refractivity contribution < 1.29 is 9.59 Å². The fourth-order valence-corrected chi connectivity index (χ4v) is 5.62. The zero-order valence-electron chi connectivity index (χ0n) is 17.5. The van der Waals surface area contributed by atoms with Crippen molar-refractivity contribution in [3.63, 3.8) is 0 Å². The number of hydrogen-bond acceptors (Lipinski definition) is 6. The quantitative estimate of drug-likeness (QED) is 0.308. The van der Waals surface area contributed by atoms with Crippen LogP contribution in [-0.2, 0) is 11.3 Å². The molecule has 1 aliphatic carbocycles. The summed E-state index contributed by atoms with van der Waals surface area (Å²) in [7, 11) is 0. The van der Waals surface area contributed by atoms with Crippen LogP contribution in [0.2, 0.25) is 0 Å². The average Bonchev–Trinajstić information content (AvgIpc) is 3.45. The van der Waals surface area contributed by atoms with Gasteiger partial charge in [0.2, 0.25) is 5.91 Å². The Morgan fingerprint density at radius 2 is 2.00 bits per heavy atom. The molecule has 9 heteroatoms. The lowest BCUT2D eigenvalue weighted by Crippen LogP contribution is -2.44. The van der Waals surface area contributed by atoms with Crippen LogP contribution in [0.15, 0.2) is 58.3 Å². The van der Waals surface area contributed by atoms with Crippen LogP contribution < -0.4 is 16.2 Å². The number of fused-ring (bicyclic) bond motifs is 1. The zero-order valence-corrected chi connectivity index (χ0v) is 19.1. The number of thiophene rings is 1. The maximum absolute atomic E-state index is 13.3. The second-order valence-corrected chi connectivity index (χ2v) is 9.39. The Hall–Kier alpha value is -2.91. The van der Waals surface area contributed by atoms with Crippen LogP contribution in [0.3, 0.4) is 0 Å². The number of allylic oxidation sites excluding steroid dienone is 1. The lowest BCUT2D eigenvalue weighted by molar-refractivity contribution is -0.117. The normalized spacial score (nSPS) is 13.9. The van der Waals surface area contributed by atoms with E-state index in [-0.39, 0.29) is 23.9 Å². The van der Waals surface area contributed by atoms with E-state index in [9.17, 15) is 14.4 Å². The summed E-state index contributed by atoms with van der Waals surface area (Å²) in [6.45, 7) is 4.02. The molecule has 2 heterocycles. The first kappa shape index (κ1) is 22.3. The van der Waals surface area contributed by atoms with Gasteiger partial charge in [0.25, 0.3) is 5.56 Å². The molecule has 2 aromatic heterocycles. The number of carbonyl (C=O) groups excluding carboxylic acids is 2. The number of carbonyl (C=O) groups is 2. The van der Waals surface area contributed by atoms with Gasteiger partial charge in [-0.2, -0.15) is 0 Å². The monoisotopic (exact) mass is 468 g/mol. The second kappa shape index (κ2) is 10.1. The van der Waals surface area contributed by atoms with Crippen molar-refractivity contribution in [3.05, 3.63) is 58.7 Å². The summed E-state index contributed by atoms with van der Waals surface area (Å²) in [6, 6.07) is 9.38. The molecule has 0 radical (unpaired) electrons. The molecule has 1 aromatic carbocycles. The van der Waals surface area contributed by atoms with Crippen molar-refractivity contribution in [2.24, 2.45) is 0 Å². The molecule has 0 spiro atoms. The molecule has 1 fully saturated rings. The Morgan fingerprint density at radius 3 is 2.72 bits per heavy atom. The SMILES string of the molecule is C=CCn1c(SCC(=O)NC(=O)NC2CCCC2)nc2scc(-c3ccccc3)c2c1=O. The molecule has 3 amide bonds. The molecule has 1 aliphatic rings. The molecule has 0 bridgehead atoms. The van der Waals surface area contributed by atoms with Gasteiger partial charge in [0.05, 0.1) is 11.1 Å². The first-order valence-electron chi connectivity index (χ1n) is 10.5. The molecule has 0 atom stereocenters. The number of amides is 3. The summed E-state index contributed by atoms with van der Waals surface area (Å²) in [5.74, 6) is -0.453. The van der Waals surface area contributed by atoms with Crippen molar-refractivity contribution in [1.82, 2.24) is 20.2 Å². The summed E-state index contributed by atoms with van der Waals surface area (Å²) in [5, 5.41) is 8.11. The highest BCUT2D eigenvalue weighted by atomic mass is 32.2. The topological polar surface area (TPSA) is 93.1 Å². The van der Waals surface area contributed by atoms with Gasteiger partial charge >= 0.3 is 6.03 Å². The predicted molar refractivity (Wildman–Crippen MR) is 129 cm³/mol. The van der Waals surface area contributed by atoms with E-state index in [2.05, 4.69) is 22.2 Å². The van der Waals surface area contributed by atoms with Crippen LogP contribution in [0.1, 0.15) is 25.7 Å². The number of nitrogens with zero attached hydrogens (tertiary/aromatic N) is 2. The number of nitrogens with one attached hydrogen (secondary N) is 2. The highest BCUT2D eigenvalue weighted by Crippen LogP contribution is 2.32. The van der Waals surface area contributed by atoms with Crippen LogP contribution in [0.25, 0.3) is 21.3 Å². The summed E-state index contributed by atoms with van der Waals surface area (Å²) in [4.78, 5) is 42.9. The molecule has 1 saturated carbocycles. The Kier molecular flexibility index (Phi) is 7.06. The molecule has 3 aromatic rings. The first-order valence-corrected chi connectivity index (χ1v) is 12.3. The number of imide groups is 1. The van der Waals surface area contributed by atoms with Crippen molar-refractivity contribution in [1.29, 1.82) is 0 Å². The van der Waals surface area contributed by atoms with Gasteiger partial charge in [0, 0.05) is 23.5 Å². The largest absolute Gasteiger partial charge is 0.335 e. The Bertz CT molecular complexity index is 1200. The van der Waals surface area contributed by atoms with Crippen molar-refractivity contribution in [2.75, 3.05) is 5.75 Å². The zero-order chi connectivity index (χ0) is 22.5. The second-order valence-electron chi connectivity index (χ2n) is 7.59. The third-order valence-corrected chi connectivity index (χ3v) is 7.18. The maximum atomic E-state index is 13.3. The van der Waals surface area contributed by atoms with Gasteiger partial charge < -0.3 is 5.32 Å². The molecule has 2 N–H and O–H groups in total. The van der Waals surface area contributed by atoms with Crippen LogP contribution in [0.5, 0.6) is 0 Å². The van der Waals surface area contributed by atoms with Crippen LogP contribution in [0.4, 0.5) is 4.79 Å². The summed E-state index contributed by atoms with van der Waals surface area (Å²) in [5.41, 5.74) is 1.63. The summed E-state index contributed by atoms with van der Waals surface area (Å²) in [6.07, 6.45) is 5.71. The minimum absolute atomic E-state index is 0.0237. The fourth-order valence-electron chi connectivity index (χ4n) is 3.82. The number of rotatable bonds is 7. The van der Waals surface area contributed by atoms with Crippen molar-refractivity contribution in [3.8, 4) is 11.1 Å². The molecular weight excluding hydrogens is 444 g/mol. The number of aromatic nitrogens is 2. The van der Waals surface area contributed by atoms with Gasteiger partial charge in [-0.05, 0) is 18.4 Å². The molecule has 4 rings (SSSR count). The van der Waals surface area contributed by atoms with E-state index < -0.39 is 11.9 Å². The van der Waals surface area contributed by atoms with Gasteiger partial charge in [-0.3, -0.25) is 19.5 Å². The average molecular weight is 469 g/mol. The van der Waals surface area contributed by atoms with Crippen molar-refractivity contribution >= 4 is 45.3 Å². The van der Waals surface area contributed by atoms with E-state index in [4.69, 9.17) is 0 Å². The molecule has 0 saturated heterocycles. The molecule has 0 unspecified atom stereocenters. The Balaban J connectivity index is 1.52. The highest BCUT2D eigenvalue weighted by molar-refractivity contribution is 7.99. The van der Waals surface area contributed by atoms with E-state index in [1.165, 1.54) is 15.9 Å². The van der Waals surface area contributed by atoms with E-state index in [1.807, 2.05) is 35.7 Å². The van der Waals surface area contributed by atoms with Crippen LogP contribution >= 0.6 is 23.1 Å². The first-order chi connectivity index (χ1) is 15.6. The third-order valence-electron chi connectivity index (χ3n) is 5.33. The molecule has 32 heavy (non-hydrogen) atoms. The maximum Gasteiger partial charge on any atom is 0.321 e. The number of benzene rings is 1. The fraction of sp³-hybridized carbons (Fsp3) is 0.304. The third kappa shape index (κ3) is 4.94. The Labute approximate surface area is 193 Å². The van der Waals surface area contributed by atoms with E-state index in [0.29, 0.717) is 15.4 Å². The predicted octanol–water partition coefficient (Wildman–Crippen LogP) is 4.17. The Morgan fingerprint density at radius 1 is 1.25 bits per heavy atom. The van der Waals surface area contributed by atoms with Gasteiger partial charge in [-0.1, -0.05) is 61.0 Å². The van der Waals surface area contributed by atoms with Gasteiger partial charge in [-0.15, -0.1) is 17.9 Å². The van der Waals surface area contributed by atoms with Gasteiger partial charge in [0.1, 0.15) is 4.83 Å². The lowest BCUT2D eigenvalue weighted by atomic mass is 10.1. The molecule has 7 nitrogen and oxygen atoms in total. The van der Waals surface area contributed by atoms with E-state index in [0.717, 1.165) is 48.6 Å². The minimum Gasteiger partial charge on any atom is -0.335 e. The van der Waals surface area contributed by atoms with Gasteiger partial charge in [0.15, 0.2) is 5.16 Å². The smallest absolute Gasteiger partial charge is 0.321 e. The van der Waals surface area contributed by atoms with Crippen LogP contribution in [0, 0.1) is 0 Å². The highest BCUT2D eigenvalue weighted by Gasteiger charge is 2.20. The minimum atomic E-state index is -0.472. The molecule has 0 aliphatic heterocycles. The van der Waals surface area contributed by atoms with E-state index in [1.54, 1.807) is 6.08 Å². The van der Waals surface area contributed by atoms with E-state index >= 15 is 0 Å². The summed E-state index contributed by atoms with van der Waals surface area (Å²) >= 11 is 2.53. The molecular formula is C23H24N4O3S2. The van der Waals surface area contributed by atoms with Gasteiger partial charge in [-0.25, -0.2) is 9.78 Å². The van der Waals surface area contributed by atoms with Crippen molar-refractivity contribution in [2.45, 2.75) is 43.4 Å². The van der Waals surface area contributed by atoms with Crippen LogP contribution in [-0.4, -0.2) is 33.3 Å². The summed E-state index contributed by atoms with van der Waals surface area (Å²) < 4.78 is 1.52. The number of thioether (sulfide) groups is 1. The molecule has 166 valence electrons. The lowest BCUT2D eigenvalue weighted by Gasteiger charge is -2.13. The number of hydrogen-bond donors (Lipinski definition) is 2. The standard InChI is InChI=1S/C23H24N4O3S2/c1-2-12-27-21(29)19-17(15-8-4-3-5-9-15)13-31-20(19)26-23(27)32-14-18(28)25-22(30)24-16-10-6-7-11-16/h2-5,8-9,13,16H,1,6-7,10-12,14H2,(H2,24,25,28,30).